The Bertz CT molecular complexity index is 450. The molecule has 17 heavy (non-hydrogen) atoms. The van der Waals surface area contributed by atoms with Crippen molar-refractivity contribution in [3.05, 3.63) is 42.0 Å². The van der Waals surface area contributed by atoms with Gasteiger partial charge in [0.1, 0.15) is 12.4 Å². The molecule has 0 amide bonds. The maximum absolute atomic E-state index is 11.4. The third-order valence-electron chi connectivity index (χ3n) is 1.99. The van der Waals surface area contributed by atoms with Crippen LogP contribution in [0.3, 0.4) is 0 Å². The van der Waals surface area contributed by atoms with Crippen LogP contribution in [0.15, 0.2) is 30.9 Å². The van der Waals surface area contributed by atoms with E-state index in [9.17, 15) is 9.59 Å². The molecule has 0 atom stereocenters. The van der Waals surface area contributed by atoms with Gasteiger partial charge in [-0.2, -0.15) is 0 Å². The summed E-state index contributed by atoms with van der Waals surface area (Å²) in [5.41, 5.74) is -0.163. The summed E-state index contributed by atoms with van der Waals surface area (Å²) in [6.07, 6.45) is 1.54. The minimum Gasteiger partial charge on any atom is -0.490 e. The summed E-state index contributed by atoms with van der Waals surface area (Å²) in [6.45, 7) is 3.76. The summed E-state index contributed by atoms with van der Waals surface area (Å²) in [4.78, 5) is 22.3. The second-order valence-corrected chi connectivity index (χ2v) is 3.10. The van der Waals surface area contributed by atoms with Crippen molar-refractivity contribution in [1.29, 1.82) is 0 Å². The fourth-order valence-corrected chi connectivity index (χ4v) is 1.23. The predicted molar refractivity (Wildman–Crippen MR) is 60.4 cm³/mol. The van der Waals surface area contributed by atoms with Crippen LogP contribution in [-0.4, -0.2) is 30.8 Å². The molecule has 0 aliphatic heterocycles. The standard InChI is InChI=1S/C12H12O5/c1-3-6-17-8-4-5-9(11(13)14)10(7-8)12(15)16-2/h3-5,7H,1,6H2,2H3,(H,13,14). The van der Waals surface area contributed by atoms with Gasteiger partial charge in [0.2, 0.25) is 0 Å². The molecule has 0 aliphatic rings. The summed E-state index contributed by atoms with van der Waals surface area (Å²) >= 11 is 0. The maximum atomic E-state index is 11.4. The van der Waals surface area contributed by atoms with Crippen LogP contribution in [0.5, 0.6) is 5.75 Å². The van der Waals surface area contributed by atoms with Crippen molar-refractivity contribution in [1.82, 2.24) is 0 Å². The summed E-state index contributed by atoms with van der Waals surface area (Å²) in [7, 11) is 1.19. The van der Waals surface area contributed by atoms with Crippen LogP contribution in [-0.2, 0) is 4.74 Å². The van der Waals surface area contributed by atoms with Crippen LogP contribution in [0, 0.1) is 0 Å². The number of carboxylic acids is 1. The Labute approximate surface area is 98.3 Å². The summed E-state index contributed by atoms with van der Waals surface area (Å²) in [5, 5.41) is 8.91. The molecule has 1 rings (SSSR count). The Kier molecular flexibility index (Phi) is 4.28. The van der Waals surface area contributed by atoms with Gasteiger partial charge in [-0.25, -0.2) is 9.59 Å². The Morgan fingerprint density at radius 1 is 1.41 bits per heavy atom. The number of methoxy groups -OCH3 is 1. The number of carboxylic acid groups (broad SMARTS) is 1. The van der Waals surface area contributed by atoms with Gasteiger partial charge in [-0.05, 0) is 18.2 Å². The third kappa shape index (κ3) is 3.07. The molecule has 0 unspecified atom stereocenters. The highest BCUT2D eigenvalue weighted by Crippen LogP contribution is 2.19. The molecule has 0 saturated carbocycles. The zero-order valence-corrected chi connectivity index (χ0v) is 9.30. The van der Waals surface area contributed by atoms with Gasteiger partial charge >= 0.3 is 11.9 Å². The topological polar surface area (TPSA) is 72.8 Å². The summed E-state index contributed by atoms with van der Waals surface area (Å²) in [6, 6.07) is 4.10. The molecule has 0 bridgehead atoms. The number of esters is 1. The van der Waals surface area contributed by atoms with Crippen LogP contribution in [0.2, 0.25) is 0 Å². The van der Waals surface area contributed by atoms with E-state index in [2.05, 4.69) is 11.3 Å². The molecule has 0 aromatic heterocycles. The van der Waals surface area contributed by atoms with Crippen LogP contribution in [0.4, 0.5) is 0 Å². The molecule has 0 aliphatic carbocycles. The number of rotatable bonds is 5. The summed E-state index contributed by atoms with van der Waals surface area (Å²) in [5.74, 6) is -1.53. The van der Waals surface area contributed by atoms with Gasteiger partial charge in [-0.1, -0.05) is 12.7 Å². The van der Waals surface area contributed by atoms with E-state index < -0.39 is 11.9 Å². The molecule has 1 N–H and O–H groups in total. The Morgan fingerprint density at radius 2 is 2.12 bits per heavy atom. The third-order valence-corrected chi connectivity index (χ3v) is 1.99. The minimum absolute atomic E-state index is 0.0402. The molecule has 1 aromatic rings. The van der Waals surface area contributed by atoms with Gasteiger partial charge in [0, 0.05) is 0 Å². The second-order valence-electron chi connectivity index (χ2n) is 3.10. The predicted octanol–water partition coefficient (Wildman–Crippen LogP) is 1.74. The van der Waals surface area contributed by atoms with E-state index in [0.717, 1.165) is 0 Å². The number of ether oxygens (including phenoxy) is 2. The van der Waals surface area contributed by atoms with Crippen molar-refractivity contribution in [3.63, 3.8) is 0 Å². The highest BCUT2D eigenvalue weighted by atomic mass is 16.5. The molecule has 90 valence electrons. The maximum Gasteiger partial charge on any atom is 0.338 e. The Balaban J connectivity index is 3.14. The number of aromatic carboxylic acids is 1. The first-order valence-electron chi connectivity index (χ1n) is 4.79. The second kappa shape index (κ2) is 5.69. The monoisotopic (exact) mass is 236 g/mol. The van der Waals surface area contributed by atoms with E-state index >= 15 is 0 Å². The molecule has 5 nitrogen and oxygen atoms in total. The largest absolute Gasteiger partial charge is 0.490 e. The molecule has 0 saturated heterocycles. The van der Waals surface area contributed by atoms with Crippen molar-refractivity contribution >= 4 is 11.9 Å². The normalized spacial score (nSPS) is 9.47. The fourth-order valence-electron chi connectivity index (χ4n) is 1.23. The highest BCUT2D eigenvalue weighted by Gasteiger charge is 2.17. The number of benzene rings is 1. The van der Waals surface area contributed by atoms with Crippen LogP contribution in [0.25, 0.3) is 0 Å². The van der Waals surface area contributed by atoms with Crippen LogP contribution < -0.4 is 4.74 Å². The fraction of sp³-hybridized carbons (Fsp3) is 0.167. The van der Waals surface area contributed by atoms with Crippen molar-refractivity contribution < 1.29 is 24.2 Å². The molecule has 0 heterocycles. The molecule has 0 fully saturated rings. The lowest BCUT2D eigenvalue weighted by molar-refractivity contribution is 0.0582. The van der Waals surface area contributed by atoms with Gasteiger partial charge in [0.15, 0.2) is 0 Å². The Hall–Kier alpha value is -2.30. The van der Waals surface area contributed by atoms with Crippen molar-refractivity contribution in [2.24, 2.45) is 0 Å². The SMILES string of the molecule is C=CCOc1ccc(C(=O)O)c(C(=O)OC)c1. The van der Waals surface area contributed by atoms with Crippen molar-refractivity contribution in [2.75, 3.05) is 13.7 Å². The molecular weight excluding hydrogens is 224 g/mol. The molecule has 1 aromatic carbocycles. The van der Waals surface area contributed by atoms with Crippen LogP contribution >= 0.6 is 0 Å². The molecule has 5 heteroatoms. The van der Waals surface area contributed by atoms with E-state index in [0.29, 0.717) is 5.75 Å². The van der Waals surface area contributed by atoms with E-state index in [1.165, 1.54) is 25.3 Å². The first-order valence-corrected chi connectivity index (χ1v) is 4.79. The lowest BCUT2D eigenvalue weighted by atomic mass is 10.1. The van der Waals surface area contributed by atoms with Gasteiger partial charge < -0.3 is 14.6 Å². The average Bonchev–Trinajstić information content (AvgIpc) is 2.34. The van der Waals surface area contributed by atoms with E-state index in [1.807, 2.05) is 0 Å². The van der Waals surface area contributed by atoms with Crippen LogP contribution in [0.1, 0.15) is 20.7 Å². The lowest BCUT2D eigenvalue weighted by Crippen LogP contribution is -2.10. The first kappa shape index (κ1) is 12.8. The number of carbonyl (C=O) groups excluding carboxylic acids is 1. The van der Waals surface area contributed by atoms with Gasteiger partial charge in [-0.3, -0.25) is 0 Å². The lowest BCUT2D eigenvalue weighted by Gasteiger charge is -2.08. The van der Waals surface area contributed by atoms with Gasteiger partial charge in [0.25, 0.3) is 0 Å². The Morgan fingerprint density at radius 3 is 2.65 bits per heavy atom. The van der Waals surface area contributed by atoms with Gasteiger partial charge in [0.05, 0.1) is 18.2 Å². The number of hydrogen-bond acceptors (Lipinski definition) is 4. The minimum atomic E-state index is -1.19. The van der Waals surface area contributed by atoms with Gasteiger partial charge in [-0.15, -0.1) is 0 Å². The van der Waals surface area contributed by atoms with E-state index in [4.69, 9.17) is 9.84 Å². The molecule has 0 spiro atoms. The zero-order valence-electron chi connectivity index (χ0n) is 9.30. The quantitative estimate of drug-likeness (QED) is 0.622. The molecule has 0 radical (unpaired) electrons. The van der Waals surface area contributed by atoms with E-state index in [1.54, 1.807) is 6.08 Å². The number of carbonyl (C=O) groups is 2. The first-order chi connectivity index (χ1) is 8.10. The van der Waals surface area contributed by atoms with Crippen molar-refractivity contribution in [3.8, 4) is 5.75 Å². The van der Waals surface area contributed by atoms with Crippen molar-refractivity contribution in [2.45, 2.75) is 0 Å². The zero-order chi connectivity index (χ0) is 12.8. The van der Waals surface area contributed by atoms with E-state index in [-0.39, 0.29) is 17.7 Å². The molecular formula is C12H12O5. The summed E-state index contributed by atoms with van der Waals surface area (Å²) < 4.78 is 9.72. The number of hydrogen-bond donors (Lipinski definition) is 1. The smallest absolute Gasteiger partial charge is 0.338 e. The highest BCUT2D eigenvalue weighted by molar-refractivity contribution is 6.02. The average molecular weight is 236 g/mol.